The van der Waals surface area contributed by atoms with E-state index >= 15 is 0 Å². The Morgan fingerprint density at radius 2 is 2.00 bits per heavy atom. The summed E-state index contributed by atoms with van der Waals surface area (Å²) < 4.78 is 5.41. The largest absolute Gasteiger partial charge is 0.463 e. The highest BCUT2D eigenvalue weighted by Crippen LogP contribution is 2.19. The molecule has 0 atom stereocenters. The summed E-state index contributed by atoms with van der Waals surface area (Å²) in [5.41, 5.74) is 2.18. The van der Waals surface area contributed by atoms with Gasteiger partial charge in [0.25, 0.3) is 0 Å². The first-order valence-corrected chi connectivity index (χ1v) is 7.68. The van der Waals surface area contributed by atoms with Crippen LogP contribution in [0.2, 0.25) is 5.02 Å². The third-order valence-electron chi connectivity index (χ3n) is 3.57. The Kier molecular flexibility index (Phi) is 4.49. The molecule has 0 aliphatic carbocycles. The van der Waals surface area contributed by atoms with E-state index < -0.39 is 0 Å². The molecule has 1 heterocycles. The Hall–Kier alpha value is -2.85. The smallest absolute Gasteiger partial charge is 0.248 e. The van der Waals surface area contributed by atoms with Gasteiger partial charge in [-0.25, -0.2) is 0 Å². The Balaban J connectivity index is 1.81. The topological polar surface area (TPSA) is 59.3 Å². The quantitative estimate of drug-likeness (QED) is 0.719. The van der Waals surface area contributed by atoms with Crippen LogP contribution in [-0.4, -0.2) is 5.91 Å². The summed E-state index contributed by atoms with van der Waals surface area (Å²) in [4.78, 5) is 24.4. The summed E-state index contributed by atoms with van der Waals surface area (Å²) in [6.07, 6.45) is 4.09. The van der Waals surface area contributed by atoms with Crippen LogP contribution in [0.25, 0.3) is 17.0 Å². The fourth-order valence-corrected chi connectivity index (χ4v) is 2.54. The molecule has 0 fully saturated rings. The van der Waals surface area contributed by atoms with Crippen LogP contribution in [0.3, 0.4) is 0 Å². The Labute approximate surface area is 143 Å². The van der Waals surface area contributed by atoms with Gasteiger partial charge in [-0.3, -0.25) is 9.59 Å². The zero-order chi connectivity index (χ0) is 17.1. The fourth-order valence-electron chi connectivity index (χ4n) is 2.32. The second-order valence-corrected chi connectivity index (χ2v) is 5.73. The van der Waals surface area contributed by atoms with Crippen molar-refractivity contribution in [1.29, 1.82) is 0 Å². The molecule has 0 radical (unpaired) electrons. The molecule has 0 aliphatic rings. The predicted octanol–water partition coefficient (Wildman–Crippen LogP) is 4.41. The van der Waals surface area contributed by atoms with Gasteiger partial charge in [-0.2, -0.15) is 0 Å². The minimum absolute atomic E-state index is 0.177. The van der Waals surface area contributed by atoms with Crippen molar-refractivity contribution >= 4 is 40.2 Å². The van der Waals surface area contributed by atoms with E-state index in [0.29, 0.717) is 27.2 Å². The molecule has 0 saturated heterocycles. The van der Waals surface area contributed by atoms with Crippen molar-refractivity contribution in [1.82, 2.24) is 0 Å². The monoisotopic (exact) mass is 339 g/mol. The van der Waals surface area contributed by atoms with Crippen molar-refractivity contribution in [3.8, 4) is 0 Å². The summed E-state index contributed by atoms with van der Waals surface area (Å²) in [5, 5.41) is 3.83. The lowest BCUT2D eigenvalue weighted by atomic mass is 10.1. The van der Waals surface area contributed by atoms with Crippen molar-refractivity contribution in [3.05, 3.63) is 81.2 Å². The number of aryl methyl sites for hydroxylation is 1. The van der Waals surface area contributed by atoms with Gasteiger partial charge in [-0.05, 0) is 48.9 Å². The molecule has 2 aromatic carbocycles. The number of nitrogens with one attached hydrogen (secondary N) is 1. The van der Waals surface area contributed by atoms with Gasteiger partial charge in [0.1, 0.15) is 11.8 Å². The third-order valence-corrected chi connectivity index (χ3v) is 3.80. The molecule has 1 aromatic heterocycles. The lowest BCUT2D eigenvalue weighted by Gasteiger charge is -2.06. The van der Waals surface area contributed by atoms with E-state index in [9.17, 15) is 9.59 Å². The first-order chi connectivity index (χ1) is 11.5. The number of hydrogen-bond acceptors (Lipinski definition) is 3. The number of benzene rings is 2. The van der Waals surface area contributed by atoms with Gasteiger partial charge in [0.05, 0.1) is 10.9 Å². The lowest BCUT2D eigenvalue weighted by Crippen LogP contribution is -2.10. The van der Waals surface area contributed by atoms with Crippen LogP contribution >= 0.6 is 11.6 Å². The highest BCUT2D eigenvalue weighted by Gasteiger charge is 2.05. The summed E-state index contributed by atoms with van der Waals surface area (Å²) in [5.74, 6) is -0.340. The Morgan fingerprint density at radius 1 is 1.21 bits per heavy atom. The van der Waals surface area contributed by atoms with Crippen molar-refractivity contribution in [3.63, 3.8) is 0 Å². The number of para-hydroxylation sites is 1. The van der Waals surface area contributed by atoms with E-state index in [2.05, 4.69) is 5.32 Å². The van der Waals surface area contributed by atoms with Crippen molar-refractivity contribution in [2.45, 2.75) is 6.92 Å². The maximum absolute atomic E-state index is 12.3. The number of halogens is 1. The number of carbonyl (C=O) groups is 1. The van der Waals surface area contributed by atoms with Crippen molar-refractivity contribution in [2.75, 3.05) is 5.32 Å². The predicted molar refractivity (Wildman–Crippen MR) is 96.3 cm³/mol. The molecule has 0 bridgehead atoms. The van der Waals surface area contributed by atoms with Crippen LogP contribution in [-0.2, 0) is 4.79 Å². The minimum Gasteiger partial charge on any atom is -0.463 e. The molecule has 4 nitrogen and oxygen atoms in total. The molecule has 1 N–H and O–H groups in total. The van der Waals surface area contributed by atoms with E-state index in [4.69, 9.17) is 16.0 Å². The second kappa shape index (κ2) is 6.72. The standard InChI is InChI=1S/C19H14ClNO3/c1-12-10-14(20)7-8-16(12)21-18(22)9-6-13-11-24-17-5-3-2-4-15(17)19(13)23/h2-11H,1H3,(H,21,22)/b9-6+. The molecule has 0 unspecified atom stereocenters. The van der Waals surface area contributed by atoms with Crippen molar-refractivity contribution in [2.24, 2.45) is 0 Å². The summed E-state index contributed by atoms with van der Waals surface area (Å²) in [6.45, 7) is 1.85. The van der Waals surface area contributed by atoms with E-state index in [1.165, 1.54) is 18.4 Å². The van der Waals surface area contributed by atoms with Gasteiger partial charge in [0.15, 0.2) is 5.43 Å². The summed E-state index contributed by atoms with van der Waals surface area (Å²) in [6, 6.07) is 12.2. The first kappa shape index (κ1) is 16.0. The van der Waals surface area contributed by atoms with Crippen LogP contribution in [0.4, 0.5) is 5.69 Å². The molecule has 0 aliphatic heterocycles. The van der Waals surface area contributed by atoms with Gasteiger partial charge < -0.3 is 9.73 Å². The SMILES string of the molecule is Cc1cc(Cl)ccc1NC(=O)/C=C/c1coc2ccccc2c1=O. The van der Waals surface area contributed by atoms with Gasteiger partial charge in [0, 0.05) is 16.8 Å². The van der Waals surface area contributed by atoms with Gasteiger partial charge >= 0.3 is 0 Å². The lowest BCUT2D eigenvalue weighted by molar-refractivity contribution is -0.111. The van der Waals surface area contributed by atoms with Crippen LogP contribution in [0.1, 0.15) is 11.1 Å². The summed E-state index contributed by atoms with van der Waals surface area (Å²) >= 11 is 5.89. The molecular formula is C19H14ClNO3. The molecule has 3 rings (SSSR count). The number of hydrogen-bond donors (Lipinski definition) is 1. The third kappa shape index (κ3) is 3.39. The van der Waals surface area contributed by atoms with Gasteiger partial charge in [-0.1, -0.05) is 23.7 Å². The molecule has 3 aromatic rings. The fraction of sp³-hybridized carbons (Fsp3) is 0.0526. The Morgan fingerprint density at radius 3 is 2.79 bits per heavy atom. The van der Waals surface area contributed by atoms with Crippen LogP contribution in [0, 0.1) is 6.92 Å². The van der Waals surface area contributed by atoms with Crippen LogP contribution in [0.15, 0.2) is 64.0 Å². The molecular weight excluding hydrogens is 326 g/mol. The van der Waals surface area contributed by atoms with E-state index in [1.807, 2.05) is 6.92 Å². The number of anilines is 1. The number of amides is 1. The van der Waals surface area contributed by atoms with E-state index in [-0.39, 0.29) is 11.3 Å². The number of fused-ring (bicyclic) bond motifs is 1. The maximum Gasteiger partial charge on any atom is 0.248 e. The molecule has 24 heavy (non-hydrogen) atoms. The number of carbonyl (C=O) groups excluding carboxylic acids is 1. The molecule has 5 heteroatoms. The zero-order valence-electron chi connectivity index (χ0n) is 12.9. The second-order valence-electron chi connectivity index (χ2n) is 5.30. The highest BCUT2D eigenvalue weighted by atomic mass is 35.5. The Bertz CT molecular complexity index is 1000. The summed E-state index contributed by atoms with van der Waals surface area (Å²) in [7, 11) is 0. The van der Waals surface area contributed by atoms with Crippen LogP contribution < -0.4 is 10.7 Å². The average Bonchev–Trinajstić information content (AvgIpc) is 2.57. The minimum atomic E-state index is -0.340. The zero-order valence-corrected chi connectivity index (χ0v) is 13.6. The normalized spacial score (nSPS) is 11.1. The molecule has 1 amide bonds. The van der Waals surface area contributed by atoms with Gasteiger partial charge in [0.2, 0.25) is 5.91 Å². The van der Waals surface area contributed by atoms with E-state index in [0.717, 1.165) is 5.56 Å². The van der Waals surface area contributed by atoms with Crippen molar-refractivity contribution < 1.29 is 9.21 Å². The molecule has 120 valence electrons. The number of rotatable bonds is 3. The highest BCUT2D eigenvalue weighted by molar-refractivity contribution is 6.30. The first-order valence-electron chi connectivity index (χ1n) is 7.30. The molecule has 0 spiro atoms. The van der Waals surface area contributed by atoms with Crippen LogP contribution in [0.5, 0.6) is 0 Å². The van der Waals surface area contributed by atoms with E-state index in [1.54, 1.807) is 42.5 Å². The maximum atomic E-state index is 12.3. The average molecular weight is 340 g/mol. The van der Waals surface area contributed by atoms with Gasteiger partial charge in [-0.15, -0.1) is 0 Å². The molecule has 0 saturated carbocycles.